The number of aryl methyl sites for hydroxylation is 1. The van der Waals surface area contributed by atoms with Gasteiger partial charge in [-0.15, -0.1) is 0 Å². The second-order valence-electron chi connectivity index (χ2n) is 7.57. The highest BCUT2D eigenvalue weighted by molar-refractivity contribution is 5.83. The van der Waals surface area contributed by atoms with Crippen LogP contribution >= 0.6 is 0 Å². The number of benzene rings is 1. The molecule has 3 rings (SSSR count). The molecule has 2 fully saturated rings. The Morgan fingerprint density at radius 3 is 2.35 bits per heavy atom. The van der Waals surface area contributed by atoms with Crippen molar-refractivity contribution in [3.05, 3.63) is 35.9 Å². The van der Waals surface area contributed by atoms with E-state index >= 15 is 0 Å². The van der Waals surface area contributed by atoms with Gasteiger partial charge in [0.05, 0.1) is 0 Å². The molecule has 1 atom stereocenters. The van der Waals surface area contributed by atoms with E-state index in [1.807, 2.05) is 35.2 Å². The van der Waals surface area contributed by atoms with E-state index in [-0.39, 0.29) is 17.2 Å². The van der Waals surface area contributed by atoms with Crippen LogP contribution in [0.2, 0.25) is 0 Å². The third-order valence-electron chi connectivity index (χ3n) is 5.85. The van der Waals surface area contributed by atoms with Crippen LogP contribution < -0.4 is 0 Å². The summed E-state index contributed by atoms with van der Waals surface area (Å²) in [5.74, 6) is -0.964. The van der Waals surface area contributed by atoms with Crippen LogP contribution in [-0.4, -0.2) is 58.4 Å². The third kappa shape index (κ3) is 3.89. The molecular weight excluding hydrogens is 332 g/mol. The van der Waals surface area contributed by atoms with Gasteiger partial charge in [0.25, 0.3) is 0 Å². The topological polar surface area (TPSA) is 77.9 Å². The van der Waals surface area contributed by atoms with Crippen LogP contribution in [0.1, 0.15) is 38.2 Å². The molecule has 0 aliphatic carbocycles. The minimum Gasteiger partial charge on any atom is -0.480 e. The first kappa shape index (κ1) is 18.4. The normalized spacial score (nSPS) is 21.8. The van der Waals surface area contributed by atoms with E-state index in [9.17, 15) is 19.5 Å². The van der Waals surface area contributed by atoms with Gasteiger partial charge in [-0.25, -0.2) is 4.79 Å². The second kappa shape index (κ2) is 7.48. The van der Waals surface area contributed by atoms with Gasteiger partial charge in [-0.1, -0.05) is 30.3 Å². The van der Waals surface area contributed by atoms with Gasteiger partial charge in [0, 0.05) is 33.0 Å². The van der Waals surface area contributed by atoms with Crippen molar-refractivity contribution < 1.29 is 19.5 Å². The summed E-state index contributed by atoms with van der Waals surface area (Å²) < 4.78 is 0. The Morgan fingerprint density at radius 1 is 1.15 bits per heavy atom. The predicted molar refractivity (Wildman–Crippen MR) is 96.4 cm³/mol. The number of nitrogens with zero attached hydrogens (tertiary/aromatic N) is 2. The largest absolute Gasteiger partial charge is 0.480 e. The van der Waals surface area contributed by atoms with Crippen LogP contribution in [0, 0.1) is 5.41 Å². The van der Waals surface area contributed by atoms with Crippen molar-refractivity contribution in [1.29, 1.82) is 0 Å². The molecule has 0 unspecified atom stereocenters. The van der Waals surface area contributed by atoms with Crippen LogP contribution in [0.15, 0.2) is 30.3 Å². The van der Waals surface area contributed by atoms with E-state index in [0.29, 0.717) is 32.5 Å². The summed E-state index contributed by atoms with van der Waals surface area (Å²) in [5, 5.41) is 9.41. The third-order valence-corrected chi connectivity index (χ3v) is 5.85. The number of piperidine rings is 1. The monoisotopic (exact) mass is 358 g/mol. The second-order valence-corrected chi connectivity index (χ2v) is 7.57. The molecule has 0 aromatic heterocycles. The van der Waals surface area contributed by atoms with Crippen molar-refractivity contribution in [2.45, 2.75) is 45.1 Å². The average Bonchev–Trinajstić information content (AvgIpc) is 3.01. The van der Waals surface area contributed by atoms with Gasteiger partial charge in [-0.05, 0) is 36.7 Å². The summed E-state index contributed by atoms with van der Waals surface area (Å²) in [6.07, 6.45) is 3.25. The molecule has 2 amide bonds. The summed E-state index contributed by atoms with van der Waals surface area (Å²) >= 11 is 0. The van der Waals surface area contributed by atoms with Gasteiger partial charge in [0.2, 0.25) is 11.8 Å². The molecule has 1 aromatic carbocycles. The molecule has 1 spiro atoms. The van der Waals surface area contributed by atoms with Gasteiger partial charge >= 0.3 is 5.97 Å². The fourth-order valence-corrected chi connectivity index (χ4v) is 4.25. The van der Waals surface area contributed by atoms with Crippen LogP contribution in [0.4, 0.5) is 0 Å². The number of likely N-dealkylation sites (tertiary alicyclic amines) is 2. The number of carbonyl (C=O) groups excluding carboxylic acids is 2. The van der Waals surface area contributed by atoms with Crippen LogP contribution in [-0.2, 0) is 20.8 Å². The highest BCUT2D eigenvalue weighted by atomic mass is 16.4. The molecule has 1 aromatic rings. The summed E-state index contributed by atoms with van der Waals surface area (Å²) in [5.41, 5.74) is 0.997. The lowest BCUT2D eigenvalue weighted by atomic mass is 9.76. The van der Waals surface area contributed by atoms with Crippen LogP contribution in [0.3, 0.4) is 0 Å². The van der Waals surface area contributed by atoms with E-state index in [4.69, 9.17) is 0 Å². The van der Waals surface area contributed by atoms with Crippen molar-refractivity contribution in [3.63, 3.8) is 0 Å². The lowest BCUT2D eigenvalue weighted by Crippen LogP contribution is -2.44. The molecule has 0 radical (unpaired) electrons. The minimum atomic E-state index is -0.932. The first-order chi connectivity index (χ1) is 12.4. The predicted octanol–water partition coefficient (Wildman–Crippen LogP) is 1.93. The van der Waals surface area contributed by atoms with Gasteiger partial charge in [0.15, 0.2) is 0 Å². The number of hydrogen-bond acceptors (Lipinski definition) is 3. The van der Waals surface area contributed by atoms with E-state index in [0.717, 1.165) is 24.8 Å². The lowest BCUT2D eigenvalue weighted by molar-refractivity contribution is -0.147. The molecular formula is C20H26N2O4. The molecule has 2 saturated heterocycles. The Morgan fingerprint density at radius 2 is 1.81 bits per heavy atom. The molecule has 2 aliphatic rings. The van der Waals surface area contributed by atoms with Gasteiger partial charge in [-0.2, -0.15) is 0 Å². The van der Waals surface area contributed by atoms with Gasteiger partial charge < -0.3 is 14.9 Å². The summed E-state index contributed by atoms with van der Waals surface area (Å²) in [7, 11) is 0. The number of carboxylic acids is 1. The SMILES string of the molecule is CC(=O)N1CC2(CCN(C(=O)CCc3ccccc3)CC2)C[C@H]1C(=O)O. The number of carbonyl (C=O) groups is 3. The Kier molecular flexibility index (Phi) is 5.30. The van der Waals surface area contributed by atoms with Crippen molar-refractivity contribution in [1.82, 2.24) is 9.80 Å². The lowest BCUT2D eigenvalue weighted by Gasteiger charge is -2.39. The maximum absolute atomic E-state index is 12.5. The molecule has 0 bridgehead atoms. The molecule has 140 valence electrons. The molecule has 2 aliphatic heterocycles. The average molecular weight is 358 g/mol. The Hall–Kier alpha value is -2.37. The van der Waals surface area contributed by atoms with E-state index in [1.54, 1.807) is 0 Å². The fraction of sp³-hybridized carbons (Fsp3) is 0.550. The number of hydrogen-bond donors (Lipinski definition) is 1. The molecule has 1 N–H and O–H groups in total. The molecule has 6 heteroatoms. The Balaban J connectivity index is 1.54. The van der Waals surface area contributed by atoms with Crippen LogP contribution in [0.5, 0.6) is 0 Å². The number of carboxylic acid groups (broad SMARTS) is 1. The van der Waals surface area contributed by atoms with Crippen molar-refractivity contribution >= 4 is 17.8 Å². The zero-order chi connectivity index (χ0) is 18.7. The number of amides is 2. The molecule has 2 heterocycles. The fourth-order valence-electron chi connectivity index (χ4n) is 4.25. The molecule has 26 heavy (non-hydrogen) atoms. The molecule has 6 nitrogen and oxygen atoms in total. The Labute approximate surface area is 153 Å². The quantitative estimate of drug-likeness (QED) is 0.892. The van der Waals surface area contributed by atoms with Crippen molar-refractivity contribution in [3.8, 4) is 0 Å². The van der Waals surface area contributed by atoms with Crippen molar-refractivity contribution in [2.24, 2.45) is 5.41 Å². The molecule has 0 saturated carbocycles. The number of rotatable bonds is 4. The highest BCUT2D eigenvalue weighted by Gasteiger charge is 2.49. The summed E-state index contributed by atoms with van der Waals surface area (Å²) in [6, 6.07) is 9.24. The zero-order valence-electron chi connectivity index (χ0n) is 15.2. The van der Waals surface area contributed by atoms with Crippen molar-refractivity contribution in [2.75, 3.05) is 19.6 Å². The summed E-state index contributed by atoms with van der Waals surface area (Å²) in [4.78, 5) is 39.1. The van der Waals surface area contributed by atoms with Crippen LogP contribution in [0.25, 0.3) is 0 Å². The van der Waals surface area contributed by atoms with E-state index in [1.165, 1.54) is 11.8 Å². The first-order valence-corrected chi connectivity index (χ1v) is 9.22. The first-order valence-electron chi connectivity index (χ1n) is 9.22. The van der Waals surface area contributed by atoms with E-state index in [2.05, 4.69) is 0 Å². The maximum atomic E-state index is 12.5. The highest BCUT2D eigenvalue weighted by Crippen LogP contribution is 2.43. The van der Waals surface area contributed by atoms with Gasteiger partial charge in [-0.3, -0.25) is 9.59 Å². The summed E-state index contributed by atoms with van der Waals surface area (Å²) in [6.45, 7) is 3.21. The van der Waals surface area contributed by atoms with Gasteiger partial charge in [0.1, 0.15) is 6.04 Å². The van der Waals surface area contributed by atoms with E-state index < -0.39 is 12.0 Å². The Bertz CT molecular complexity index is 656. The smallest absolute Gasteiger partial charge is 0.326 e. The maximum Gasteiger partial charge on any atom is 0.326 e. The minimum absolute atomic E-state index is 0.153. The zero-order valence-corrected chi connectivity index (χ0v) is 15.2. The number of aliphatic carboxylic acids is 1. The standard InChI is InChI=1S/C20H26N2O4/c1-15(23)22-14-20(13-17(22)19(25)26)9-11-21(12-10-20)18(24)8-7-16-5-3-2-4-6-16/h2-6,17H,7-14H2,1H3,(H,25,26)/t17-/m0/s1.